The van der Waals surface area contributed by atoms with Crippen molar-refractivity contribution in [2.24, 2.45) is 0 Å². The third kappa shape index (κ3) is 4.19. The summed E-state index contributed by atoms with van der Waals surface area (Å²) in [7, 11) is 0. The number of aldehydes is 1. The summed E-state index contributed by atoms with van der Waals surface area (Å²) in [6.45, 7) is 9.07. The highest BCUT2D eigenvalue weighted by molar-refractivity contribution is 5.78. The average Bonchev–Trinajstić information content (AvgIpc) is 2.59. The first-order valence-corrected chi connectivity index (χ1v) is 8.37. The predicted molar refractivity (Wildman–Crippen MR) is 99.9 cm³/mol. The lowest BCUT2D eigenvalue weighted by Crippen LogP contribution is -2.18. The van der Waals surface area contributed by atoms with Crippen molar-refractivity contribution in [3.05, 3.63) is 70.3 Å². The van der Waals surface area contributed by atoms with Gasteiger partial charge in [-0.1, -0.05) is 76.2 Å². The van der Waals surface area contributed by atoms with E-state index in [1.54, 1.807) is 0 Å². The molecule has 23 heavy (non-hydrogen) atoms. The summed E-state index contributed by atoms with van der Waals surface area (Å²) in [4.78, 5) is 10.9. The van der Waals surface area contributed by atoms with Crippen LogP contribution in [0.3, 0.4) is 0 Å². The first kappa shape index (κ1) is 17.2. The Balaban J connectivity index is 2.35. The molecular formula is C22H26O. The van der Waals surface area contributed by atoms with Crippen LogP contribution < -0.4 is 0 Å². The van der Waals surface area contributed by atoms with Crippen molar-refractivity contribution in [3.8, 4) is 0 Å². The molecule has 2 aromatic rings. The van der Waals surface area contributed by atoms with Gasteiger partial charge in [0, 0.05) is 5.56 Å². The predicted octanol–water partition coefficient (Wildman–Crippen LogP) is 5.92. The summed E-state index contributed by atoms with van der Waals surface area (Å²) in [5.41, 5.74) is 6.01. The lowest BCUT2D eigenvalue weighted by Gasteiger charge is -2.26. The Kier molecular flexibility index (Phi) is 5.54. The molecule has 2 rings (SSSR count). The summed E-state index contributed by atoms with van der Waals surface area (Å²) in [6, 6.07) is 14.4. The number of carbonyl (C=O) groups excluding carboxylic acids is 1. The molecule has 1 nitrogen and oxygen atoms in total. The number of hydrogen-bond acceptors (Lipinski definition) is 1. The molecule has 0 saturated heterocycles. The van der Waals surface area contributed by atoms with Gasteiger partial charge in [0.05, 0.1) is 0 Å². The molecule has 0 heterocycles. The molecule has 0 aliphatic carbocycles. The minimum atomic E-state index is 0.187. The number of hydrogen-bond donors (Lipinski definition) is 0. The molecule has 120 valence electrons. The minimum Gasteiger partial charge on any atom is -0.298 e. The normalized spacial score (nSPS) is 11.8. The first-order chi connectivity index (χ1) is 11.0. The van der Waals surface area contributed by atoms with Gasteiger partial charge in [-0.05, 0) is 46.6 Å². The highest BCUT2D eigenvalue weighted by Gasteiger charge is 2.20. The minimum absolute atomic E-state index is 0.187. The van der Waals surface area contributed by atoms with Crippen LogP contribution in [0.4, 0.5) is 0 Å². The Bertz CT molecular complexity index is 708. The molecule has 0 bridgehead atoms. The fraction of sp³-hybridized carbons (Fsp3) is 0.318. The van der Waals surface area contributed by atoms with Gasteiger partial charge in [0.2, 0.25) is 0 Å². The smallest absolute Gasteiger partial charge is 0.150 e. The lowest BCUT2D eigenvalue weighted by atomic mass is 9.78. The van der Waals surface area contributed by atoms with Gasteiger partial charge in [0.25, 0.3) is 0 Å². The fourth-order valence-corrected chi connectivity index (χ4v) is 2.75. The second kappa shape index (κ2) is 7.41. The van der Waals surface area contributed by atoms with Gasteiger partial charge in [-0.25, -0.2) is 0 Å². The van der Waals surface area contributed by atoms with Gasteiger partial charge in [-0.15, -0.1) is 0 Å². The zero-order chi connectivity index (χ0) is 16.9. The maximum absolute atomic E-state index is 10.9. The van der Waals surface area contributed by atoms with Gasteiger partial charge < -0.3 is 0 Å². The highest BCUT2D eigenvalue weighted by atomic mass is 16.1. The molecule has 0 atom stereocenters. The van der Waals surface area contributed by atoms with E-state index in [-0.39, 0.29) is 5.41 Å². The van der Waals surface area contributed by atoms with E-state index in [2.05, 4.69) is 58.0 Å². The van der Waals surface area contributed by atoms with Crippen molar-refractivity contribution in [1.29, 1.82) is 0 Å². The molecule has 0 fully saturated rings. The Morgan fingerprint density at radius 2 is 1.57 bits per heavy atom. The second-order valence-corrected chi connectivity index (χ2v) is 6.63. The SMILES string of the molecule is CCc1ccc(C=Cc2cccc(C=O)c2)cc1C(C)(C)CC. The third-order valence-electron chi connectivity index (χ3n) is 4.64. The Labute approximate surface area is 140 Å². The fourth-order valence-electron chi connectivity index (χ4n) is 2.75. The molecule has 0 N–H and O–H groups in total. The van der Waals surface area contributed by atoms with Crippen LogP contribution in [0, 0.1) is 0 Å². The summed E-state index contributed by atoms with van der Waals surface area (Å²) >= 11 is 0. The molecule has 0 aliphatic rings. The van der Waals surface area contributed by atoms with E-state index >= 15 is 0 Å². The largest absolute Gasteiger partial charge is 0.298 e. The highest BCUT2D eigenvalue weighted by Crippen LogP contribution is 2.31. The van der Waals surface area contributed by atoms with E-state index < -0.39 is 0 Å². The van der Waals surface area contributed by atoms with Crippen molar-refractivity contribution in [1.82, 2.24) is 0 Å². The van der Waals surface area contributed by atoms with Crippen LogP contribution in [0.2, 0.25) is 0 Å². The number of benzene rings is 2. The molecule has 0 radical (unpaired) electrons. The molecule has 0 aromatic heterocycles. The quantitative estimate of drug-likeness (QED) is 0.478. The van der Waals surface area contributed by atoms with Gasteiger partial charge in [-0.3, -0.25) is 4.79 Å². The zero-order valence-corrected chi connectivity index (χ0v) is 14.6. The molecular weight excluding hydrogens is 280 g/mol. The third-order valence-corrected chi connectivity index (χ3v) is 4.64. The number of rotatable bonds is 6. The maximum atomic E-state index is 10.9. The van der Waals surface area contributed by atoms with Gasteiger partial charge in [0.15, 0.2) is 0 Å². The summed E-state index contributed by atoms with van der Waals surface area (Å²) < 4.78 is 0. The molecule has 0 saturated carbocycles. The average molecular weight is 306 g/mol. The second-order valence-electron chi connectivity index (χ2n) is 6.63. The van der Waals surface area contributed by atoms with Crippen LogP contribution in [-0.2, 0) is 11.8 Å². The number of aryl methyl sites for hydroxylation is 1. The van der Waals surface area contributed by atoms with E-state index in [1.165, 1.54) is 16.7 Å². The van der Waals surface area contributed by atoms with E-state index in [4.69, 9.17) is 0 Å². The van der Waals surface area contributed by atoms with Gasteiger partial charge >= 0.3 is 0 Å². The van der Waals surface area contributed by atoms with Gasteiger partial charge in [0.1, 0.15) is 6.29 Å². The maximum Gasteiger partial charge on any atom is 0.150 e. The van der Waals surface area contributed by atoms with Crippen molar-refractivity contribution in [2.75, 3.05) is 0 Å². The lowest BCUT2D eigenvalue weighted by molar-refractivity contribution is 0.112. The molecule has 0 amide bonds. The van der Waals surface area contributed by atoms with E-state index in [9.17, 15) is 4.79 Å². The van der Waals surface area contributed by atoms with Crippen molar-refractivity contribution < 1.29 is 4.79 Å². The topological polar surface area (TPSA) is 17.1 Å². The van der Waals surface area contributed by atoms with E-state index in [0.717, 1.165) is 24.7 Å². The summed E-state index contributed by atoms with van der Waals surface area (Å²) in [5.74, 6) is 0. The zero-order valence-electron chi connectivity index (χ0n) is 14.6. The van der Waals surface area contributed by atoms with Crippen molar-refractivity contribution in [2.45, 2.75) is 46.0 Å². The molecule has 0 unspecified atom stereocenters. The van der Waals surface area contributed by atoms with Gasteiger partial charge in [-0.2, -0.15) is 0 Å². The Morgan fingerprint density at radius 1 is 0.913 bits per heavy atom. The molecule has 0 spiro atoms. The van der Waals surface area contributed by atoms with Crippen LogP contribution in [0.5, 0.6) is 0 Å². The van der Waals surface area contributed by atoms with Crippen molar-refractivity contribution >= 4 is 18.4 Å². The van der Waals surface area contributed by atoms with E-state index in [1.807, 2.05) is 24.3 Å². The Hall–Kier alpha value is -2.15. The first-order valence-electron chi connectivity index (χ1n) is 8.37. The standard InChI is InChI=1S/C22H26O/c1-5-20-13-12-18(15-21(20)22(3,4)6-2)11-10-17-8-7-9-19(14-17)16-23/h7-16H,5-6H2,1-4H3. The van der Waals surface area contributed by atoms with Crippen LogP contribution in [0.15, 0.2) is 42.5 Å². The summed E-state index contributed by atoms with van der Waals surface area (Å²) in [5, 5.41) is 0. The van der Waals surface area contributed by atoms with Crippen LogP contribution >= 0.6 is 0 Å². The number of carbonyl (C=O) groups is 1. The summed E-state index contributed by atoms with van der Waals surface area (Å²) in [6.07, 6.45) is 7.25. The van der Waals surface area contributed by atoms with Crippen LogP contribution in [0.1, 0.15) is 66.7 Å². The molecule has 2 aromatic carbocycles. The molecule has 1 heteroatoms. The van der Waals surface area contributed by atoms with E-state index in [0.29, 0.717) is 5.56 Å². The van der Waals surface area contributed by atoms with Crippen molar-refractivity contribution in [3.63, 3.8) is 0 Å². The monoisotopic (exact) mass is 306 g/mol. The van der Waals surface area contributed by atoms with Crippen LogP contribution in [-0.4, -0.2) is 6.29 Å². The molecule has 0 aliphatic heterocycles. The Morgan fingerprint density at radius 3 is 2.17 bits per heavy atom. The van der Waals surface area contributed by atoms with Crippen LogP contribution in [0.25, 0.3) is 12.2 Å².